The molecule has 0 aromatic carbocycles. The van der Waals surface area contributed by atoms with Gasteiger partial charge in [-0.25, -0.2) is 4.98 Å². The molecule has 0 saturated carbocycles. The number of anilines is 1. The van der Waals surface area contributed by atoms with E-state index in [-0.39, 0.29) is 11.9 Å². The third-order valence-corrected chi connectivity index (χ3v) is 5.81. The van der Waals surface area contributed by atoms with E-state index in [4.69, 9.17) is 4.98 Å². The molecule has 0 radical (unpaired) electrons. The lowest BCUT2D eigenvalue weighted by atomic mass is 10.1. The standard InChI is InChI=1S/C16H21N5OS/c1-10(22)18-12-6-7-21(9-12)16-19-13-5-3-4-11-8-17-20(2)14(11)15(13)23-16/h8,12H,3-7,9H2,1-2H3,(H,18,22). The highest BCUT2D eigenvalue weighted by atomic mass is 32.1. The molecule has 0 bridgehead atoms. The molecule has 1 aliphatic heterocycles. The minimum atomic E-state index is 0.0475. The first-order chi connectivity index (χ1) is 11.1. The Morgan fingerprint density at radius 3 is 3.13 bits per heavy atom. The summed E-state index contributed by atoms with van der Waals surface area (Å²) < 4.78 is 1.98. The van der Waals surface area contributed by atoms with Crippen molar-refractivity contribution in [3.8, 4) is 10.6 Å². The molecule has 1 saturated heterocycles. The van der Waals surface area contributed by atoms with Gasteiger partial charge in [0.2, 0.25) is 5.91 Å². The number of hydrogen-bond acceptors (Lipinski definition) is 5. The Morgan fingerprint density at radius 1 is 1.43 bits per heavy atom. The lowest BCUT2D eigenvalue weighted by Crippen LogP contribution is -2.35. The average molecular weight is 331 g/mol. The fourth-order valence-electron chi connectivity index (χ4n) is 3.57. The number of amides is 1. The quantitative estimate of drug-likeness (QED) is 0.911. The summed E-state index contributed by atoms with van der Waals surface area (Å²) in [6.45, 7) is 3.39. The number of hydrogen-bond donors (Lipinski definition) is 1. The number of fused-ring (bicyclic) bond motifs is 3. The normalized spacial score (nSPS) is 20.1. The smallest absolute Gasteiger partial charge is 0.217 e. The summed E-state index contributed by atoms with van der Waals surface area (Å²) in [6, 6.07) is 0.239. The molecule has 7 heteroatoms. The van der Waals surface area contributed by atoms with E-state index in [9.17, 15) is 4.79 Å². The number of carbonyl (C=O) groups is 1. The second-order valence-corrected chi connectivity index (χ2v) is 7.38. The lowest BCUT2D eigenvalue weighted by Gasteiger charge is -2.15. The van der Waals surface area contributed by atoms with E-state index in [1.165, 1.54) is 21.8 Å². The zero-order valence-corrected chi connectivity index (χ0v) is 14.3. The number of thiazole rings is 1. The van der Waals surface area contributed by atoms with Gasteiger partial charge >= 0.3 is 0 Å². The second kappa shape index (κ2) is 5.63. The fourth-order valence-corrected chi connectivity index (χ4v) is 4.83. The molecule has 1 aliphatic carbocycles. The van der Waals surface area contributed by atoms with Gasteiger partial charge in [0, 0.05) is 33.1 Å². The zero-order chi connectivity index (χ0) is 16.0. The highest BCUT2D eigenvalue weighted by molar-refractivity contribution is 7.19. The Kier molecular flexibility index (Phi) is 3.60. The van der Waals surface area contributed by atoms with E-state index in [1.807, 2.05) is 17.9 Å². The van der Waals surface area contributed by atoms with Gasteiger partial charge < -0.3 is 10.2 Å². The van der Waals surface area contributed by atoms with Crippen molar-refractivity contribution < 1.29 is 4.79 Å². The van der Waals surface area contributed by atoms with Crippen LogP contribution < -0.4 is 10.2 Å². The Balaban J connectivity index is 1.63. The summed E-state index contributed by atoms with van der Waals surface area (Å²) in [6.07, 6.45) is 6.22. The van der Waals surface area contributed by atoms with Gasteiger partial charge in [-0.1, -0.05) is 11.3 Å². The van der Waals surface area contributed by atoms with Gasteiger partial charge in [0.15, 0.2) is 5.13 Å². The van der Waals surface area contributed by atoms with Gasteiger partial charge in [-0.2, -0.15) is 5.10 Å². The molecular weight excluding hydrogens is 310 g/mol. The Bertz CT molecular complexity index is 750. The lowest BCUT2D eigenvalue weighted by molar-refractivity contribution is -0.119. The van der Waals surface area contributed by atoms with Crippen molar-refractivity contribution in [1.82, 2.24) is 20.1 Å². The predicted molar refractivity (Wildman–Crippen MR) is 90.8 cm³/mol. The maximum Gasteiger partial charge on any atom is 0.217 e. The van der Waals surface area contributed by atoms with E-state index < -0.39 is 0 Å². The van der Waals surface area contributed by atoms with Crippen LogP contribution in [0.5, 0.6) is 0 Å². The molecule has 4 rings (SSSR count). The molecule has 2 aliphatic rings. The first-order valence-corrected chi connectivity index (χ1v) is 8.96. The van der Waals surface area contributed by atoms with Crippen LogP contribution in [-0.4, -0.2) is 39.8 Å². The number of carbonyl (C=O) groups excluding carboxylic acids is 1. The Morgan fingerprint density at radius 2 is 2.30 bits per heavy atom. The van der Waals surface area contributed by atoms with E-state index in [2.05, 4.69) is 15.3 Å². The van der Waals surface area contributed by atoms with E-state index in [1.54, 1.807) is 18.3 Å². The number of nitrogens with one attached hydrogen (secondary N) is 1. The van der Waals surface area contributed by atoms with E-state index in [0.29, 0.717) is 0 Å². The van der Waals surface area contributed by atoms with Crippen LogP contribution in [-0.2, 0) is 24.7 Å². The van der Waals surface area contributed by atoms with E-state index >= 15 is 0 Å². The Hall–Kier alpha value is -1.89. The molecule has 1 fully saturated rings. The molecule has 1 atom stereocenters. The number of aryl methyl sites for hydroxylation is 3. The number of nitrogens with zero attached hydrogens (tertiary/aromatic N) is 4. The van der Waals surface area contributed by atoms with Gasteiger partial charge in [0.05, 0.1) is 22.5 Å². The molecule has 23 heavy (non-hydrogen) atoms. The highest BCUT2D eigenvalue weighted by Gasteiger charge is 2.28. The first kappa shape index (κ1) is 14.7. The molecule has 2 aromatic rings. The molecule has 0 spiro atoms. The molecule has 2 aromatic heterocycles. The van der Waals surface area contributed by atoms with Crippen LogP contribution in [0.1, 0.15) is 31.0 Å². The van der Waals surface area contributed by atoms with E-state index in [0.717, 1.165) is 43.9 Å². The number of rotatable bonds is 2. The predicted octanol–water partition coefficient (Wildman–Crippen LogP) is 1.75. The SMILES string of the molecule is CC(=O)NC1CCN(c2nc3c(s2)-c2c(cnn2C)CCC3)C1. The fraction of sp³-hybridized carbons (Fsp3) is 0.562. The molecule has 122 valence electrons. The van der Waals surface area contributed by atoms with Crippen LogP contribution in [0.3, 0.4) is 0 Å². The van der Waals surface area contributed by atoms with Crippen molar-refractivity contribution in [2.75, 3.05) is 18.0 Å². The van der Waals surface area contributed by atoms with Gasteiger partial charge in [0.1, 0.15) is 0 Å². The largest absolute Gasteiger partial charge is 0.352 e. The van der Waals surface area contributed by atoms with Gasteiger partial charge in [-0.3, -0.25) is 9.48 Å². The minimum absolute atomic E-state index is 0.0475. The molecule has 1 N–H and O–H groups in total. The number of aromatic nitrogens is 3. The van der Waals surface area contributed by atoms with Crippen LogP contribution in [0, 0.1) is 0 Å². The third kappa shape index (κ3) is 2.63. The second-order valence-electron chi connectivity index (χ2n) is 6.40. The maximum atomic E-state index is 11.2. The van der Waals surface area contributed by atoms with Crippen molar-refractivity contribution >= 4 is 22.4 Å². The summed E-state index contributed by atoms with van der Waals surface area (Å²) >= 11 is 1.77. The first-order valence-electron chi connectivity index (χ1n) is 8.15. The summed E-state index contributed by atoms with van der Waals surface area (Å²) in [5, 5.41) is 8.52. The van der Waals surface area contributed by atoms with Crippen LogP contribution >= 0.6 is 11.3 Å². The summed E-state index contributed by atoms with van der Waals surface area (Å²) in [7, 11) is 2.01. The monoisotopic (exact) mass is 331 g/mol. The molecule has 1 amide bonds. The van der Waals surface area contributed by atoms with Crippen molar-refractivity contribution in [3.63, 3.8) is 0 Å². The summed E-state index contributed by atoms with van der Waals surface area (Å²) in [5.74, 6) is 0.0475. The summed E-state index contributed by atoms with van der Waals surface area (Å²) in [5.41, 5.74) is 3.77. The Labute approximate surface area is 139 Å². The van der Waals surface area contributed by atoms with Crippen LogP contribution in [0.25, 0.3) is 10.6 Å². The van der Waals surface area contributed by atoms with Crippen molar-refractivity contribution in [1.29, 1.82) is 0 Å². The molecule has 3 heterocycles. The zero-order valence-electron chi connectivity index (χ0n) is 13.5. The molecule has 1 unspecified atom stereocenters. The van der Waals surface area contributed by atoms with Crippen molar-refractivity contribution in [3.05, 3.63) is 17.5 Å². The highest BCUT2D eigenvalue weighted by Crippen LogP contribution is 2.40. The molecular formula is C16H21N5OS. The van der Waals surface area contributed by atoms with Gasteiger partial charge in [0.25, 0.3) is 0 Å². The van der Waals surface area contributed by atoms with Gasteiger partial charge in [-0.15, -0.1) is 0 Å². The topological polar surface area (TPSA) is 63.1 Å². The summed E-state index contributed by atoms with van der Waals surface area (Å²) in [4.78, 5) is 19.7. The van der Waals surface area contributed by atoms with Crippen molar-refractivity contribution in [2.24, 2.45) is 7.05 Å². The maximum absolute atomic E-state index is 11.2. The van der Waals surface area contributed by atoms with Crippen molar-refractivity contribution in [2.45, 2.75) is 38.6 Å². The minimum Gasteiger partial charge on any atom is -0.352 e. The average Bonchev–Trinajstić information content (AvgIpc) is 3.17. The van der Waals surface area contributed by atoms with Gasteiger partial charge in [-0.05, 0) is 31.2 Å². The van der Waals surface area contributed by atoms with Crippen LogP contribution in [0.15, 0.2) is 6.20 Å². The van der Waals surface area contributed by atoms with Crippen LogP contribution in [0.2, 0.25) is 0 Å². The molecule has 6 nitrogen and oxygen atoms in total. The van der Waals surface area contributed by atoms with Crippen LogP contribution in [0.4, 0.5) is 5.13 Å². The third-order valence-electron chi connectivity index (χ3n) is 4.64.